The molecule has 2 aliphatic heterocycles. The number of ether oxygens (including phenoxy) is 2. The molecular weight excluding hydrogens is 584 g/mol. The predicted molar refractivity (Wildman–Crippen MR) is 167 cm³/mol. The summed E-state index contributed by atoms with van der Waals surface area (Å²) in [6.07, 6.45) is 5.14. The average molecular weight is 620 g/mol. The molecule has 0 spiro atoms. The number of likely N-dealkylation sites (tertiary alicyclic amines) is 2. The van der Waals surface area contributed by atoms with Crippen LogP contribution < -0.4 is 9.47 Å². The van der Waals surface area contributed by atoms with E-state index in [0.29, 0.717) is 18.8 Å². The highest BCUT2D eigenvalue weighted by molar-refractivity contribution is 9.10. The molecule has 1 aromatic heterocycles. The topological polar surface area (TPSA) is 42.0 Å². The number of fused-ring (bicyclic) bond motifs is 1. The van der Waals surface area contributed by atoms with Crippen LogP contribution in [0.2, 0.25) is 0 Å². The molecular formula is C33H35BrN2O3S. The fourth-order valence-corrected chi connectivity index (χ4v) is 7.19. The van der Waals surface area contributed by atoms with Gasteiger partial charge in [-0.15, -0.1) is 11.3 Å². The second-order valence-corrected chi connectivity index (χ2v) is 12.4. The summed E-state index contributed by atoms with van der Waals surface area (Å²) in [4.78, 5) is 18.6. The maximum atomic E-state index is 13.8. The molecule has 2 fully saturated rings. The van der Waals surface area contributed by atoms with Gasteiger partial charge in [-0.05, 0) is 115 Å². The minimum Gasteiger partial charge on any atom is -0.492 e. The predicted octanol–water partition coefficient (Wildman–Crippen LogP) is 7.51. The van der Waals surface area contributed by atoms with Crippen LogP contribution >= 0.6 is 27.3 Å². The number of benzene rings is 3. The monoisotopic (exact) mass is 618 g/mol. The van der Waals surface area contributed by atoms with Gasteiger partial charge in [-0.2, -0.15) is 0 Å². The molecule has 2 saturated heterocycles. The maximum absolute atomic E-state index is 13.8. The molecule has 0 amide bonds. The molecule has 2 aliphatic rings. The second-order valence-electron chi connectivity index (χ2n) is 10.6. The lowest BCUT2D eigenvalue weighted by Crippen LogP contribution is -2.25. The molecule has 7 heteroatoms. The van der Waals surface area contributed by atoms with Crippen LogP contribution in [0.1, 0.15) is 41.6 Å². The summed E-state index contributed by atoms with van der Waals surface area (Å²) in [5.41, 5.74) is 3.52. The number of rotatable bonds is 11. The third-order valence-corrected chi connectivity index (χ3v) is 9.51. The highest BCUT2D eigenvalue weighted by Crippen LogP contribution is 2.37. The first-order valence-corrected chi connectivity index (χ1v) is 16.0. The highest BCUT2D eigenvalue weighted by atomic mass is 79.9. The van der Waals surface area contributed by atoms with Gasteiger partial charge in [0.2, 0.25) is 0 Å². The average Bonchev–Trinajstić information content (AvgIpc) is 3.76. The molecule has 0 bridgehead atoms. The fourth-order valence-electron chi connectivity index (χ4n) is 5.73. The van der Waals surface area contributed by atoms with Crippen LogP contribution in [0.25, 0.3) is 21.2 Å². The molecule has 6 rings (SSSR count). The quantitative estimate of drug-likeness (QED) is 0.163. The van der Waals surface area contributed by atoms with Crippen molar-refractivity contribution in [1.29, 1.82) is 0 Å². The lowest BCUT2D eigenvalue weighted by Gasteiger charge is -2.16. The molecule has 3 aromatic carbocycles. The number of nitrogens with zero attached hydrogens (tertiary/aromatic N) is 2. The van der Waals surface area contributed by atoms with Crippen molar-refractivity contribution in [3.8, 4) is 22.6 Å². The van der Waals surface area contributed by atoms with Crippen molar-refractivity contribution in [3.63, 3.8) is 0 Å². The molecule has 0 radical (unpaired) electrons. The van der Waals surface area contributed by atoms with Crippen molar-refractivity contribution < 1.29 is 14.3 Å². The van der Waals surface area contributed by atoms with E-state index in [4.69, 9.17) is 9.47 Å². The number of ketones is 1. The zero-order chi connectivity index (χ0) is 27.3. The van der Waals surface area contributed by atoms with Gasteiger partial charge in [0.05, 0.1) is 4.47 Å². The summed E-state index contributed by atoms with van der Waals surface area (Å²) < 4.78 is 13.9. The van der Waals surface area contributed by atoms with Crippen molar-refractivity contribution >= 4 is 43.1 Å². The first-order chi connectivity index (χ1) is 19.7. The molecule has 40 heavy (non-hydrogen) atoms. The molecule has 0 atom stereocenters. The van der Waals surface area contributed by atoms with E-state index in [0.717, 1.165) is 68.9 Å². The van der Waals surface area contributed by atoms with E-state index in [1.165, 1.54) is 38.8 Å². The van der Waals surface area contributed by atoms with Gasteiger partial charge in [0.15, 0.2) is 5.78 Å². The molecule has 0 aliphatic carbocycles. The lowest BCUT2D eigenvalue weighted by molar-refractivity contribution is 0.104. The Hall–Kier alpha value is -2.71. The van der Waals surface area contributed by atoms with Gasteiger partial charge in [0, 0.05) is 39.7 Å². The number of halogens is 1. The number of carbonyl (C=O) groups is 1. The van der Waals surface area contributed by atoms with Crippen LogP contribution in [0.3, 0.4) is 0 Å². The molecule has 0 unspecified atom stereocenters. The van der Waals surface area contributed by atoms with Gasteiger partial charge >= 0.3 is 0 Å². The van der Waals surface area contributed by atoms with E-state index in [2.05, 4.69) is 56.1 Å². The van der Waals surface area contributed by atoms with Gasteiger partial charge in [-0.3, -0.25) is 14.6 Å². The molecule has 208 valence electrons. The molecule has 0 saturated carbocycles. The summed E-state index contributed by atoms with van der Waals surface area (Å²) in [5.74, 6) is 1.67. The van der Waals surface area contributed by atoms with E-state index < -0.39 is 0 Å². The van der Waals surface area contributed by atoms with Crippen LogP contribution in [-0.2, 0) is 0 Å². The smallest absolute Gasteiger partial charge is 0.194 e. The van der Waals surface area contributed by atoms with Crippen LogP contribution in [0.4, 0.5) is 0 Å². The van der Waals surface area contributed by atoms with E-state index in [1.807, 2.05) is 35.7 Å². The Balaban J connectivity index is 1.17. The lowest BCUT2D eigenvalue weighted by atomic mass is 9.95. The Morgan fingerprint density at radius 1 is 0.825 bits per heavy atom. The van der Waals surface area contributed by atoms with Crippen LogP contribution in [0.15, 0.2) is 70.5 Å². The molecule has 5 nitrogen and oxygen atoms in total. The zero-order valence-electron chi connectivity index (χ0n) is 22.7. The van der Waals surface area contributed by atoms with E-state index >= 15 is 0 Å². The van der Waals surface area contributed by atoms with Gasteiger partial charge in [0.1, 0.15) is 24.7 Å². The third kappa shape index (κ3) is 6.28. The van der Waals surface area contributed by atoms with Gasteiger partial charge < -0.3 is 9.47 Å². The highest BCUT2D eigenvalue weighted by Gasteiger charge is 2.19. The second kappa shape index (κ2) is 12.9. The van der Waals surface area contributed by atoms with E-state index in [9.17, 15) is 4.79 Å². The minimum absolute atomic E-state index is 0.0184. The minimum atomic E-state index is 0.0184. The summed E-state index contributed by atoms with van der Waals surface area (Å²) in [5, 5.41) is 2.99. The van der Waals surface area contributed by atoms with Crippen LogP contribution in [0.5, 0.6) is 11.5 Å². The zero-order valence-corrected chi connectivity index (χ0v) is 25.1. The number of hydrogen-bond donors (Lipinski definition) is 0. The molecule has 3 heterocycles. The number of hydrogen-bond acceptors (Lipinski definition) is 6. The summed E-state index contributed by atoms with van der Waals surface area (Å²) in [6.45, 7) is 7.94. The largest absolute Gasteiger partial charge is 0.492 e. The van der Waals surface area contributed by atoms with Crippen molar-refractivity contribution in [2.24, 2.45) is 0 Å². The standard InChI is InChI=1S/C33H35BrN2O3S/c34-29-22-25(10-13-30(29)39-21-19-36-16-3-4-17-36)33(37)28-23-40-31-7-5-6-27(32(28)31)24-8-11-26(12-9-24)38-20-18-35-14-1-2-15-35/h5-13,22-23H,1-4,14-21H2. The maximum Gasteiger partial charge on any atom is 0.194 e. The first-order valence-electron chi connectivity index (χ1n) is 14.3. The Bertz CT molecular complexity index is 1460. The van der Waals surface area contributed by atoms with Gasteiger partial charge in [-0.25, -0.2) is 0 Å². The van der Waals surface area contributed by atoms with Crippen molar-refractivity contribution in [1.82, 2.24) is 9.80 Å². The Kier molecular flexibility index (Phi) is 8.83. The summed E-state index contributed by atoms with van der Waals surface area (Å²) in [7, 11) is 0. The Labute approximate surface area is 248 Å². The van der Waals surface area contributed by atoms with Crippen molar-refractivity contribution in [2.75, 3.05) is 52.5 Å². The molecule has 4 aromatic rings. The van der Waals surface area contributed by atoms with Crippen LogP contribution in [-0.4, -0.2) is 68.1 Å². The Morgan fingerprint density at radius 3 is 2.17 bits per heavy atom. The van der Waals surface area contributed by atoms with Gasteiger partial charge in [0.25, 0.3) is 0 Å². The number of carbonyl (C=O) groups excluding carboxylic acids is 1. The summed E-state index contributed by atoms with van der Waals surface area (Å²) >= 11 is 5.25. The van der Waals surface area contributed by atoms with Crippen LogP contribution in [0, 0.1) is 0 Å². The normalized spacial score (nSPS) is 16.1. The fraction of sp³-hybridized carbons (Fsp3) is 0.364. The van der Waals surface area contributed by atoms with Gasteiger partial charge in [-0.1, -0.05) is 24.3 Å². The third-order valence-electron chi connectivity index (χ3n) is 7.94. The van der Waals surface area contributed by atoms with E-state index in [-0.39, 0.29) is 5.78 Å². The van der Waals surface area contributed by atoms with E-state index in [1.54, 1.807) is 11.3 Å². The summed E-state index contributed by atoms with van der Waals surface area (Å²) in [6, 6.07) is 20.2. The number of thiophene rings is 1. The van der Waals surface area contributed by atoms with Crippen molar-refractivity contribution in [3.05, 3.63) is 81.6 Å². The SMILES string of the molecule is O=C(c1ccc(OCCN2CCCC2)c(Br)c1)c1csc2cccc(-c3ccc(OCCN4CCCC4)cc3)c12. The molecule has 0 N–H and O–H groups in total. The van der Waals surface area contributed by atoms with Crippen molar-refractivity contribution in [2.45, 2.75) is 25.7 Å². The first kappa shape index (κ1) is 27.5. The Morgan fingerprint density at radius 2 is 1.50 bits per heavy atom.